The van der Waals surface area contributed by atoms with Gasteiger partial charge in [0.25, 0.3) is 0 Å². The number of aryl methyl sites for hydroxylation is 1. The highest BCUT2D eigenvalue weighted by Crippen LogP contribution is 2.10. The maximum absolute atomic E-state index is 4.54. The molecule has 4 nitrogen and oxygen atoms in total. The van der Waals surface area contributed by atoms with Crippen LogP contribution in [0.5, 0.6) is 0 Å². The number of nitrogens with zero attached hydrogens (tertiary/aromatic N) is 4. The van der Waals surface area contributed by atoms with Crippen LogP contribution in [0.15, 0.2) is 12.3 Å². The van der Waals surface area contributed by atoms with E-state index in [9.17, 15) is 0 Å². The minimum Gasteiger partial charge on any atom is -0.338 e. The summed E-state index contributed by atoms with van der Waals surface area (Å²) in [6.07, 6.45) is 2.84. The van der Waals surface area contributed by atoms with E-state index in [0.29, 0.717) is 0 Å². The van der Waals surface area contributed by atoms with E-state index in [1.165, 1.54) is 0 Å². The number of rotatable bonds is 2. The predicted molar refractivity (Wildman–Crippen MR) is 61.1 cm³/mol. The third kappa shape index (κ3) is 2.45. The first kappa shape index (κ1) is 10.4. The molecule has 0 radical (unpaired) electrons. The zero-order valence-electron chi connectivity index (χ0n) is 9.48. The summed E-state index contributed by atoms with van der Waals surface area (Å²) in [6.45, 7) is 6.38. The second kappa shape index (κ2) is 4.57. The van der Waals surface area contributed by atoms with Gasteiger partial charge in [-0.3, -0.25) is 0 Å². The molecule has 1 saturated heterocycles. The molecule has 15 heavy (non-hydrogen) atoms. The smallest absolute Gasteiger partial charge is 0.225 e. The summed E-state index contributed by atoms with van der Waals surface area (Å²) in [5, 5.41) is 0. The van der Waals surface area contributed by atoms with Crippen molar-refractivity contribution in [3.63, 3.8) is 0 Å². The fourth-order valence-electron chi connectivity index (χ4n) is 1.74. The lowest BCUT2D eigenvalue weighted by molar-refractivity contribution is 0.311. The quantitative estimate of drug-likeness (QED) is 0.716. The molecule has 0 aliphatic carbocycles. The van der Waals surface area contributed by atoms with Gasteiger partial charge in [0, 0.05) is 38.1 Å². The molecule has 0 amide bonds. The lowest BCUT2D eigenvalue weighted by Crippen LogP contribution is -2.45. The zero-order chi connectivity index (χ0) is 10.7. The van der Waals surface area contributed by atoms with Gasteiger partial charge in [0.05, 0.1) is 0 Å². The second-order valence-electron chi connectivity index (χ2n) is 3.99. The maximum Gasteiger partial charge on any atom is 0.225 e. The van der Waals surface area contributed by atoms with Gasteiger partial charge in [-0.1, -0.05) is 6.92 Å². The van der Waals surface area contributed by atoms with E-state index in [2.05, 4.69) is 33.7 Å². The molecule has 2 rings (SSSR count). The SMILES string of the molecule is CCc1ccnc(N2CCN(C)CC2)n1. The minimum atomic E-state index is 0.891. The van der Waals surface area contributed by atoms with Gasteiger partial charge in [0.1, 0.15) is 0 Å². The molecule has 1 aliphatic rings. The number of hydrogen-bond donors (Lipinski definition) is 0. The van der Waals surface area contributed by atoms with Gasteiger partial charge in [-0.25, -0.2) is 9.97 Å². The van der Waals surface area contributed by atoms with Gasteiger partial charge in [-0.2, -0.15) is 0 Å². The molecule has 0 saturated carbocycles. The molecule has 0 aromatic carbocycles. The third-order valence-electron chi connectivity index (χ3n) is 2.85. The maximum atomic E-state index is 4.54. The van der Waals surface area contributed by atoms with E-state index >= 15 is 0 Å². The van der Waals surface area contributed by atoms with Crippen LogP contribution in [-0.4, -0.2) is 48.1 Å². The summed E-state index contributed by atoms with van der Waals surface area (Å²) in [5.41, 5.74) is 1.12. The monoisotopic (exact) mass is 206 g/mol. The van der Waals surface area contributed by atoms with E-state index < -0.39 is 0 Å². The van der Waals surface area contributed by atoms with Gasteiger partial charge in [-0.05, 0) is 19.5 Å². The van der Waals surface area contributed by atoms with Crippen molar-refractivity contribution in [2.24, 2.45) is 0 Å². The largest absolute Gasteiger partial charge is 0.338 e. The molecule has 4 heteroatoms. The van der Waals surface area contributed by atoms with E-state index in [1.54, 1.807) is 0 Å². The van der Waals surface area contributed by atoms with Crippen molar-refractivity contribution in [1.29, 1.82) is 0 Å². The van der Waals surface area contributed by atoms with Gasteiger partial charge in [0.15, 0.2) is 0 Å². The summed E-state index contributed by atoms with van der Waals surface area (Å²) in [5.74, 6) is 0.891. The highest BCUT2D eigenvalue weighted by molar-refractivity contribution is 5.31. The Hall–Kier alpha value is -1.16. The summed E-state index contributed by atoms with van der Waals surface area (Å²) < 4.78 is 0. The first-order chi connectivity index (χ1) is 7.29. The fourth-order valence-corrected chi connectivity index (χ4v) is 1.74. The molecule has 2 heterocycles. The molecular weight excluding hydrogens is 188 g/mol. The van der Waals surface area contributed by atoms with Crippen LogP contribution in [0, 0.1) is 0 Å². The highest BCUT2D eigenvalue weighted by Gasteiger charge is 2.16. The molecule has 1 aromatic rings. The van der Waals surface area contributed by atoms with Crippen LogP contribution in [0.1, 0.15) is 12.6 Å². The van der Waals surface area contributed by atoms with Crippen LogP contribution < -0.4 is 4.90 Å². The van der Waals surface area contributed by atoms with Crippen molar-refractivity contribution in [1.82, 2.24) is 14.9 Å². The van der Waals surface area contributed by atoms with Gasteiger partial charge in [0.2, 0.25) is 5.95 Å². The summed E-state index contributed by atoms with van der Waals surface area (Å²) >= 11 is 0. The lowest BCUT2D eigenvalue weighted by atomic mass is 10.3. The molecule has 0 N–H and O–H groups in total. The molecular formula is C11H18N4. The Balaban J connectivity index is 2.08. The molecule has 1 aromatic heterocycles. The van der Waals surface area contributed by atoms with Crippen molar-refractivity contribution in [2.75, 3.05) is 38.1 Å². The van der Waals surface area contributed by atoms with Gasteiger partial charge < -0.3 is 9.80 Å². The number of anilines is 1. The van der Waals surface area contributed by atoms with Crippen LogP contribution in [0.2, 0.25) is 0 Å². The van der Waals surface area contributed by atoms with Crippen molar-refractivity contribution in [3.8, 4) is 0 Å². The van der Waals surface area contributed by atoms with Crippen molar-refractivity contribution < 1.29 is 0 Å². The average molecular weight is 206 g/mol. The summed E-state index contributed by atoms with van der Waals surface area (Å²) in [4.78, 5) is 13.5. The third-order valence-corrected chi connectivity index (χ3v) is 2.85. The Kier molecular flexibility index (Phi) is 3.16. The molecule has 0 spiro atoms. The Bertz CT molecular complexity index is 318. The van der Waals surface area contributed by atoms with Crippen LogP contribution in [0.25, 0.3) is 0 Å². The minimum absolute atomic E-state index is 0.891. The molecule has 82 valence electrons. The number of hydrogen-bond acceptors (Lipinski definition) is 4. The Labute approximate surface area is 90.9 Å². The van der Waals surface area contributed by atoms with Crippen LogP contribution >= 0.6 is 0 Å². The van der Waals surface area contributed by atoms with Crippen molar-refractivity contribution in [3.05, 3.63) is 18.0 Å². The zero-order valence-corrected chi connectivity index (χ0v) is 9.48. The topological polar surface area (TPSA) is 32.3 Å². The standard InChI is InChI=1S/C11H18N4/c1-3-10-4-5-12-11(13-10)15-8-6-14(2)7-9-15/h4-5H,3,6-9H2,1-2H3. The molecule has 0 bridgehead atoms. The van der Waals surface area contributed by atoms with E-state index in [0.717, 1.165) is 44.2 Å². The Morgan fingerprint density at radius 1 is 1.27 bits per heavy atom. The number of piperazine rings is 1. The Morgan fingerprint density at radius 2 is 2.00 bits per heavy atom. The van der Waals surface area contributed by atoms with Crippen LogP contribution in [0.4, 0.5) is 5.95 Å². The number of aromatic nitrogens is 2. The van der Waals surface area contributed by atoms with E-state index in [-0.39, 0.29) is 0 Å². The predicted octanol–water partition coefficient (Wildman–Crippen LogP) is 0.791. The second-order valence-corrected chi connectivity index (χ2v) is 3.99. The Morgan fingerprint density at radius 3 is 2.67 bits per heavy atom. The highest BCUT2D eigenvalue weighted by atomic mass is 15.3. The van der Waals surface area contributed by atoms with Crippen molar-refractivity contribution >= 4 is 5.95 Å². The summed E-state index contributed by atoms with van der Waals surface area (Å²) in [6, 6.07) is 1.99. The first-order valence-corrected chi connectivity index (χ1v) is 5.55. The van der Waals surface area contributed by atoms with Crippen LogP contribution in [0.3, 0.4) is 0 Å². The van der Waals surface area contributed by atoms with Gasteiger partial charge >= 0.3 is 0 Å². The van der Waals surface area contributed by atoms with Crippen molar-refractivity contribution in [2.45, 2.75) is 13.3 Å². The normalized spacial score (nSPS) is 18.1. The van der Waals surface area contributed by atoms with Gasteiger partial charge in [-0.15, -0.1) is 0 Å². The molecule has 1 aliphatic heterocycles. The van der Waals surface area contributed by atoms with Crippen LogP contribution in [-0.2, 0) is 6.42 Å². The molecule has 0 unspecified atom stereocenters. The van der Waals surface area contributed by atoms with E-state index in [4.69, 9.17) is 0 Å². The summed E-state index contributed by atoms with van der Waals surface area (Å²) in [7, 11) is 2.15. The lowest BCUT2D eigenvalue weighted by Gasteiger charge is -2.32. The van der Waals surface area contributed by atoms with E-state index in [1.807, 2.05) is 12.3 Å². The molecule has 0 atom stereocenters. The fraction of sp³-hybridized carbons (Fsp3) is 0.636. The first-order valence-electron chi connectivity index (χ1n) is 5.55. The number of likely N-dealkylation sites (N-methyl/N-ethyl adjacent to an activating group) is 1. The average Bonchev–Trinajstić information content (AvgIpc) is 2.30. The molecule has 1 fully saturated rings.